The molecular formula is C15H18O3S. The van der Waals surface area contributed by atoms with Gasteiger partial charge in [-0.15, -0.1) is 0 Å². The Hall–Kier alpha value is -1.16. The standard InChI is InChI=1S/C15H18O3S/c1-18-14-5-3-2-4-13(14)15(16)10-8-11-6-7-12(9-10)19(11)17/h2-5,10-12H,6-9H2,1H3. The topological polar surface area (TPSA) is 43.4 Å². The summed E-state index contributed by atoms with van der Waals surface area (Å²) in [5, 5.41) is 0.477. The average Bonchev–Trinajstić information content (AvgIpc) is 2.68. The highest BCUT2D eigenvalue weighted by atomic mass is 32.2. The van der Waals surface area contributed by atoms with Gasteiger partial charge >= 0.3 is 0 Å². The second-order valence-corrected chi connectivity index (χ2v) is 7.37. The van der Waals surface area contributed by atoms with Gasteiger partial charge in [0.1, 0.15) is 5.75 Å². The van der Waals surface area contributed by atoms with Gasteiger partial charge in [0.05, 0.1) is 12.7 Å². The third-order valence-electron chi connectivity index (χ3n) is 4.31. The van der Waals surface area contributed by atoms with Crippen LogP contribution in [0.2, 0.25) is 0 Å². The zero-order valence-corrected chi connectivity index (χ0v) is 11.8. The number of rotatable bonds is 3. The molecule has 1 aromatic rings. The smallest absolute Gasteiger partial charge is 0.169 e. The van der Waals surface area contributed by atoms with Crippen LogP contribution in [0.15, 0.2) is 24.3 Å². The van der Waals surface area contributed by atoms with Crippen molar-refractivity contribution in [1.29, 1.82) is 0 Å². The fourth-order valence-electron chi connectivity index (χ4n) is 3.31. The SMILES string of the molecule is COc1ccccc1C(=O)C1CC2CCC(C1)S2=O. The van der Waals surface area contributed by atoms with Crippen LogP contribution in [0, 0.1) is 5.92 Å². The number of ketones is 1. The minimum Gasteiger partial charge on any atom is -0.496 e. The van der Waals surface area contributed by atoms with Gasteiger partial charge in [0.25, 0.3) is 0 Å². The van der Waals surface area contributed by atoms with Crippen molar-refractivity contribution in [2.24, 2.45) is 5.92 Å². The molecule has 2 saturated heterocycles. The van der Waals surface area contributed by atoms with E-state index in [0.29, 0.717) is 11.3 Å². The molecule has 1 aromatic carbocycles. The molecule has 2 aliphatic rings. The Bertz CT molecular complexity index is 510. The minimum atomic E-state index is -0.703. The first-order valence-corrected chi connectivity index (χ1v) is 8.05. The van der Waals surface area contributed by atoms with E-state index in [4.69, 9.17) is 4.74 Å². The number of hydrogen-bond donors (Lipinski definition) is 0. The number of carbonyl (C=O) groups excluding carboxylic acids is 1. The van der Waals surface area contributed by atoms with E-state index in [1.54, 1.807) is 7.11 Å². The molecule has 4 heteroatoms. The maximum Gasteiger partial charge on any atom is 0.169 e. The monoisotopic (exact) mass is 278 g/mol. The molecule has 0 amide bonds. The van der Waals surface area contributed by atoms with Crippen LogP contribution in [0.5, 0.6) is 5.75 Å². The molecule has 2 unspecified atom stereocenters. The Morgan fingerprint density at radius 3 is 2.47 bits per heavy atom. The van der Waals surface area contributed by atoms with E-state index in [-0.39, 0.29) is 22.2 Å². The van der Waals surface area contributed by atoms with Crippen molar-refractivity contribution in [2.75, 3.05) is 7.11 Å². The summed E-state index contributed by atoms with van der Waals surface area (Å²) in [7, 11) is 0.886. The lowest BCUT2D eigenvalue weighted by Crippen LogP contribution is -2.32. The molecule has 3 nitrogen and oxygen atoms in total. The number of Topliss-reactive ketones (excluding diaryl/α,β-unsaturated/α-hetero) is 1. The van der Waals surface area contributed by atoms with Crippen LogP contribution in [0.3, 0.4) is 0 Å². The Labute approximate surface area is 115 Å². The first kappa shape index (κ1) is 12.9. The largest absolute Gasteiger partial charge is 0.496 e. The Morgan fingerprint density at radius 1 is 1.21 bits per heavy atom. The van der Waals surface area contributed by atoms with Crippen molar-refractivity contribution in [3.05, 3.63) is 29.8 Å². The Balaban J connectivity index is 1.83. The van der Waals surface area contributed by atoms with E-state index in [9.17, 15) is 9.00 Å². The van der Waals surface area contributed by atoms with Crippen molar-refractivity contribution >= 4 is 16.6 Å². The van der Waals surface area contributed by atoms with Crippen LogP contribution in [-0.4, -0.2) is 27.6 Å². The zero-order chi connectivity index (χ0) is 13.4. The number of ether oxygens (including phenoxy) is 1. The van der Waals surface area contributed by atoms with Crippen molar-refractivity contribution in [3.8, 4) is 5.75 Å². The molecule has 2 bridgehead atoms. The summed E-state index contributed by atoms with van der Waals surface area (Å²) in [6, 6.07) is 7.39. The number of methoxy groups -OCH3 is 1. The molecule has 2 aliphatic heterocycles. The van der Waals surface area contributed by atoms with Crippen molar-refractivity contribution in [1.82, 2.24) is 0 Å². The van der Waals surface area contributed by atoms with Crippen LogP contribution in [0.25, 0.3) is 0 Å². The lowest BCUT2D eigenvalue weighted by Gasteiger charge is -2.26. The van der Waals surface area contributed by atoms with E-state index < -0.39 is 10.8 Å². The molecule has 0 aromatic heterocycles. The molecule has 2 heterocycles. The third-order valence-corrected chi connectivity index (χ3v) is 6.48. The minimum absolute atomic E-state index is 0.0199. The van der Waals surface area contributed by atoms with Gasteiger partial charge in [0.2, 0.25) is 0 Å². The first-order valence-electron chi connectivity index (χ1n) is 6.77. The van der Waals surface area contributed by atoms with Gasteiger partial charge in [-0.1, -0.05) is 12.1 Å². The van der Waals surface area contributed by atoms with Crippen LogP contribution in [0.4, 0.5) is 0 Å². The molecule has 0 radical (unpaired) electrons. The summed E-state index contributed by atoms with van der Waals surface area (Å²) in [5.41, 5.74) is 0.669. The van der Waals surface area contributed by atoms with Gasteiger partial charge < -0.3 is 4.74 Å². The fraction of sp³-hybridized carbons (Fsp3) is 0.533. The highest BCUT2D eigenvalue weighted by molar-refractivity contribution is 7.86. The Morgan fingerprint density at radius 2 is 1.84 bits per heavy atom. The van der Waals surface area contributed by atoms with Crippen LogP contribution in [0.1, 0.15) is 36.0 Å². The fourth-order valence-corrected chi connectivity index (χ4v) is 5.44. The second kappa shape index (κ2) is 5.08. The predicted molar refractivity (Wildman–Crippen MR) is 75.0 cm³/mol. The normalized spacial score (nSPS) is 33.1. The first-order chi connectivity index (χ1) is 9.20. The van der Waals surface area contributed by atoms with Crippen molar-refractivity contribution < 1.29 is 13.7 Å². The van der Waals surface area contributed by atoms with Gasteiger partial charge in [0.15, 0.2) is 5.78 Å². The Kier molecular flexibility index (Phi) is 3.44. The van der Waals surface area contributed by atoms with E-state index in [0.717, 1.165) is 25.7 Å². The lowest BCUT2D eigenvalue weighted by molar-refractivity contribution is 0.0903. The van der Waals surface area contributed by atoms with Crippen LogP contribution < -0.4 is 4.74 Å². The van der Waals surface area contributed by atoms with E-state index in [1.807, 2.05) is 24.3 Å². The van der Waals surface area contributed by atoms with Crippen molar-refractivity contribution in [2.45, 2.75) is 36.2 Å². The van der Waals surface area contributed by atoms with Gasteiger partial charge in [-0.3, -0.25) is 9.00 Å². The van der Waals surface area contributed by atoms with Crippen molar-refractivity contribution in [3.63, 3.8) is 0 Å². The van der Waals surface area contributed by atoms with Gasteiger partial charge in [0, 0.05) is 27.2 Å². The predicted octanol–water partition coefficient (Wildman–Crippen LogP) is 2.57. The molecule has 0 spiro atoms. The molecule has 3 rings (SSSR count). The number of fused-ring (bicyclic) bond motifs is 2. The maximum absolute atomic E-state index is 12.6. The number of carbonyl (C=O) groups is 1. The summed E-state index contributed by atoms with van der Waals surface area (Å²) in [4.78, 5) is 12.6. The molecule has 19 heavy (non-hydrogen) atoms. The molecule has 102 valence electrons. The maximum atomic E-state index is 12.6. The zero-order valence-electron chi connectivity index (χ0n) is 11.0. The summed E-state index contributed by atoms with van der Waals surface area (Å²) in [5.74, 6) is 0.823. The third kappa shape index (κ3) is 2.22. The molecule has 0 N–H and O–H groups in total. The summed E-state index contributed by atoms with van der Waals surface area (Å²) in [6.45, 7) is 0. The number of benzene rings is 1. The van der Waals surface area contributed by atoms with Gasteiger partial charge in [-0.05, 0) is 37.8 Å². The highest BCUT2D eigenvalue weighted by Crippen LogP contribution is 2.40. The van der Waals surface area contributed by atoms with E-state index in [2.05, 4.69) is 0 Å². The second-order valence-electron chi connectivity index (χ2n) is 5.38. The van der Waals surface area contributed by atoms with Crippen LogP contribution >= 0.6 is 0 Å². The molecule has 0 aliphatic carbocycles. The van der Waals surface area contributed by atoms with E-state index in [1.165, 1.54) is 0 Å². The molecule has 0 saturated carbocycles. The lowest BCUT2D eigenvalue weighted by atomic mass is 9.90. The molecule has 2 atom stereocenters. The summed E-state index contributed by atoms with van der Waals surface area (Å²) < 4.78 is 17.3. The highest BCUT2D eigenvalue weighted by Gasteiger charge is 2.43. The molecule has 2 fully saturated rings. The van der Waals surface area contributed by atoms with Gasteiger partial charge in [-0.25, -0.2) is 0 Å². The van der Waals surface area contributed by atoms with Crippen LogP contribution in [-0.2, 0) is 10.8 Å². The summed E-state index contributed by atoms with van der Waals surface area (Å²) in [6.07, 6.45) is 3.60. The molecular weight excluding hydrogens is 260 g/mol. The van der Waals surface area contributed by atoms with E-state index >= 15 is 0 Å². The number of hydrogen-bond acceptors (Lipinski definition) is 3. The van der Waals surface area contributed by atoms with Gasteiger partial charge in [-0.2, -0.15) is 0 Å². The average molecular weight is 278 g/mol. The quantitative estimate of drug-likeness (QED) is 0.798. The summed E-state index contributed by atoms with van der Waals surface area (Å²) >= 11 is 0. The number of para-hydroxylation sites is 1.